The predicted octanol–water partition coefficient (Wildman–Crippen LogP) is 2.50. The molecule has 0 amide bonds. The summed E-state index contributed by atoms with van der Waals surface area (Å²) < 4.78 is 0. The highest BCUT2D eigenvalue weighted by Gasteiger charge is 1.99. The molecule has 15 heavy (non-hydrogen) atoms. The van der Waals surface area contributed by atoms with Crippen molar-refractivity contribution in [1.82, 2.24) is 9.97 Å². The van der Waals surface area contributed by atoms with E-state index in [0.29, 0.717) is 5.69 Å². The quantitative estimate of drug-likeness (QED) is 0.769. The van der Waals surface area contributed by atoms with E-state index in [1.165, 1.54) is 18.0 Å². The van der Waals surface area contributed by atoms with Crippen LogP contribution in [-0.2, 0) is 0 Å². The lowest BCUT2D eigenvalue weighted by Gasteiger charge is -1.99. The fourth-order valence-electron chi connectivity index (χ4n) is 1.06. The fraction of sp³-hybridized carbons (Fsp3) is 0. The molecule has 0 atom stereocenters. The summed E-state index contributed by atoms with van der Waals surface area (Å²) in [6.07, 6.45) is 3.10. The zero-order valence-corrected chi connectivity index (χ0v) is 8.61. The molecule has 1 heterocycles. The van der Waals surface area contributed by atoms with Crippen molar-refractivity contribution in [3.05, 3.63) is 48.4 Å². The maximum atomic E-state index is 8.67. The van der Waals surface area contributed by atoms with E-state index in [0.717, 1.165) is 9.92 Å². The number of hydrogen-bond acceptors (Lipinski definition) is 4. The molecule has 0 aliphatic rings. The highest BCUT2D eigenvalue weighted by molar-refractivity contribution is 7.99. The minimum Gasteiger partial charge on any atom is -0.259 e. The molecule has 0 fully saturated rings. The molecule has 2 aromatic rings. The predicted molar refractivity (Wildman–Crippen MR) is 57.3 cm³/mol. The van der Waals surface area contributed by atoms with Crippen LogP contribution in [0.4, 0.5) is 0 Å². The van der Waals surface area contributed by atoms with Crippen molar-refractivity contribution in [3.8, 4) is 6.07 Å². The molecule has 0 N–H and O–H groups in total. The summed E-state index contributed by atoms with van der Waals surface area (Å²) in [7, 11) is 0. The van der Waals surface area contributed by atoms with Crippen molar-refractivity contribution in [1.29, 1.82) is 5.26 Å². The summed E-state index contributed by atoms with van der Waals surface area (Å²) in [6.45, 7) is 0. The topological polar surface area (TPSA) is 49.6 Å². The lowest BCUT2D eigenvalue weighted by molar-refractivity contribution is 1.03. The Kier molecular flexibility index (Phi) is 2.96. The SMILES string of the molecule is N#Cc1cncc(Sc2ccccc2)n1. The van der Waals surface area contributed by atoms with Crippen molar-refractivity contribution in [2.75, 3.05) is 0 Å². The van der Waals surface area contributed by atoms with E-state index in [1.807, 2.05) is 36.4 Å². The molecule has 1 aromatic heterocycles. The zero-order chi connectivity index (χ0) is 10.5. The maximum absolute atomic E-state index is 8.67. The van der Waals surface area contributed by atoms with Gasteiger partial charge in [-0.05, 0) is 12.1 Å². The highest BCUT2D eigenvalue weighted by Crippen LogP contribution is 2.24. The van der Waals surface area contributed by atoms with Gasteiger partial charge in [0.05, 0.1) is 12.4 Å². The van der Waals surface area contributed by atoms with Crippen LogP contribution < -0.4 is 0 Å². The summed E-state index contributed by atoms with van der Waals surface area (Å²) in [4.78, 5) is 9.16. The Morgan fingerprint density at radius 2 is 1.93 bits per heavy atom. The Labute approximate surface area is 91.8 Å². The molecule has 0 saturated carbocycles. The van der Waals surface area contributed by atoms with E-state index in [-0.39, 0.29) is 0 Å². The zero-order valence-electron chi connectivity index (χ0n) is 7.79. The second-order valence-corrected chi connectivity index (χ2v) is 3.86. The van der Waals surface area contributed by atoms with Gasteiger partial charge in [-0.3, -0.25) is 4.98 Å². The van der Waals surface area contributed by atoms with Crippen LogP contribution in [-0.4, -0.2) is 9.97 Å². The van der Waals surface area contributed by atoms with Gasteiger partial charge in [0.1, 0.15) is 11.1 Å². The molecule has 4 heteroatoms. The van der Waals surface area contributed by atoms with Gasteiger partial charge in [0.2, 0.25) is 0 Å². The lowest BCUT2D eigenvalue weighted by Crippen LogP contribution is -1.87. The average molecular weight is 213 g/mol. The maximum Gasteiger partial charge on any atom is 0.160 e. The molecule has 0 aliphatic heterocycles. The van der Waals surface area contributed by atoms with E-state index in [4.69, 9.17) is 5.26 Å². The van der Waals surface area contributed by atoms with E-state index >= 15 is 0 Å². The normalized spacial score (nSPS) is 9.53. The van der Waals surface area contributed by atoms with Gasteiger partial charge in [-0.2, -0.15) is 5.26 Å². The van der Waals surface area contributed by atoms with Gasteiger partial charge in [-0.25, -0.2) is 4.98 Å². The van der Waals surface area contributed by atoms with Gasteiger partial charge >= 0.3 is 0 Å². The minimum absolute atomic E-state index is 0.343. The number of aromatic nitrogens is 2. The number of benzene rings is 1. The molecule has 0 radical (unpaired) electrons. The average Bonchev–Trinajstić information content (AvgIpc) is 2.31. The summed E-state index contributed by atoms with van der Waals surface area (Å²) in [6, 6.07) is 11.8. The summed E-state index contributed by atoms with van der Waals surface area (Å²) in [5.41, 5.74) is 0.343. The second kappa shape index (κ2) is 4.58. The number of hydrogen-bond donors (Lipinski definition) is 0. The molecule has 1 aromatic carbocycles. The van der Waals surface area contributed by atoms with E-state index < -0.39 is 0 Å². The number of nitrogens with zero attached hydrogens (tertiary/aromatic N) is 3. The van der Waals surface area contributed by atoms with Crippen molar-refractivity contribution >= 4 is 11.8 Å². The first-order valence-electron chi connectivity index (χ1n) is 4.33. The van der Waals surface area contributed by atoms with E-state index in [9.17, 15) is 0 Å². The van der Waals surface area contributed by atoms with E-state index in [1.54, 1.807) is 6.20 Å². The smallest absolute Gasteiger partial charge is 0.160 e. The molecule has 0 spiro atoms. The molecule has 2 rings (SSSR count). The first kappa shape index (κ1) is 9.69. The van der Waals surface area contributed by atoms with Crippen molar-refractivity contribution < 1.29 is 0 Å². The van der Waals surface area contributed by atoms with Crippen LogP contribution in [0.25, 0.3) is 0 Å². The Morgan fingerprint density at radius 3 is 2.67 bits per heavy atom. The van der Waals surface area contributed by atoms with Crippen LogP contribution in [0.5, 0.6) is 0 Å². The van der Waals surface area contributed by atoms with Gasteiger partial charge < -0.3 is 0 Å². The molecular formula is C11H7N3S. The highest BCUT2D eigenvalue weighted by atomic mass is 32.2. The van der Waals surface area contributed by atoms with Crippen LogP contribution in [0.1, 0.15) is 5.69 Å². The molecule has 72 valence electrons. The van der Waals surface area contributed by atoms with Gasteiger partial charge in [0.25, 0.3) is 0 Å². The van der Waals surface area contributed by atoms with Crippen LogP contribution in [0, 0.1) is 11.3 Å². The van der Waals surface area contributed by atoms with Crippen molar-refractivity contribution in [2.45, 2.75) is 9.92 Å². The number of rotatable bonds is 2. The molecule has 0 saturated heterocycles. The molecule has 0 aliphatic carbocycles. The van der Waals surface area contributed by atoms with Crippen LogP contribution in [0.2, 0.25) is 0 Å². The van der Waals surface area contributed by atoms with Crippen molar-refractivity contribution in [3.63, 3.8) is 0 Å². The first-order valence-corrected chi connectivity index (χ1v) is 5.15. The third kappa shape index (κ3) is 2.55. The first-order chi connectivity index (χ1) is 7.38. The van der Waals surface area contributed by atoms with Gasteiger partial charge in [0, 0.05) is 4.90 Å². The Balaban J connectivity index is 2.22. The van der Waals surface area contributed by atoms with Crippen LogP contribution in [0.15, 0.2) is 52.6 Å². The molecular weight excluding hydrogens is 206 g/mol. The monoisotopic (exact) mass is 213 g/mol. The lowest BCUT2D eigenvalue weighted by atomic mass is 10.4. The third-order valence-electron chi connectivity index (χ3n) is 1.69. The molecule has 0 unspecified atom stereocenters. The minimum atomic E-state index is 0.343. The van der Waals surface area contributed by atoms with Gasteiger partial charge in [0.15, 0.2) is 5.69 Å². The second-order valence-electron chi connectivity index (χ2n) is 2.77. The Morgan fingerprint density at radius 1 is 1.13 bits per heavy atom. The standard InChI is InChI=1S/C11H7N3S/c12-6-9-7-13-8-11(14-9)15-10-4-2-1-3-5-10/h1-5,7-8H. The van der Waals surface area contributed by atoms with Crippen LogP contribution >= 0.6 is 11.8 Å². The summed E-state index contributed by atoms with van der Waals surface area (Å²) in [5, 5.41) is 9.40. The summed E-state index contributed by atoms with van der Waals surface area (Å²) >= 11 is 1.49. The van der Waals surface area contributed by atoms with Gasteiger partial charge in [-0.15, -0.1) is 0 Å². The largest absolute Gasteiger partial charge is 0.259 e. The van der Waals surface area contributed by atoms with Gasteiger partial charge in [-0.1, -0.05) is 30.0 Å². The Hall–Kier alpha value is -1.86. The summed E-state index contributed by atoms with van der Waals surface area (Å²) in [5.74, 6) is 0. The van der Waals surface area contributed by atoms with Crippen molar-refractivity contribution in [2.24, 2.45) is 0 Å². The molecule has 0 bridgehead atoms. The van der Waals surface area contributed by atoms with Crippen LogP contribution in [0.3, 0.4) is 0 Å². The fourth-order valence-corrected chi connectivity index (χ4v) is 1.85. The third-order valence-corrected chi connectivity index (χ3v) is 2.61. The Bertz CT molecular complexity index is 491. The molecule has 3 nitrogen and oxygen atoms in total. The van der Waals surface area contributed by atoms with E-state index in [2.05, 4.69) is 9.97 Å². The number of nitriles is 1.